The summed E-state index contributed by atoms with van der Waals surface area (Å²) in [5, 5.41) is 0. The summed E-state index contributed by atoms with van der Waals surface area (Å²) in [4.78, 5) is 11.2. The SMILES string of the molecule is CCOC(=O)C(N)c1ccc(F)c(F)c1. The van der Waals surface area contributed by atoms with E-state index in [9.17, 15) is 13.6 Å². The van der Waals surface area contributed by atoms with Gasteiger partial charge in [0.25, 0.3) is 0 Å². The molecule has 1 atom stereocenters. The molecule has 0 amide bonds. The lowest BCUT2D eigenvalue weighted by Gasteiger charge is -2.10. The molecule has 5 heteroatoms. The van der Waals surface area contributed by atoms with Crippen LogP contribution in [0, 0.1) is 11.6 Å². The van der Waals surface area contributed by atoms with E-state index in [0.29, 0.717) is 0 Å². The van der Waals surface area contributed by atoms with Crippen LogP contribution in [0.1, 0.15) is 18.5 Å². The van der Waals surface area contributed by atoms with Crippen molar-refractivity contribution in [1.29, 1.82) is 0 Å². The lowest BCUT2D eigenvalue weighted by Crippen LogP contribution is -2.23. The largest absolute Gasteiger partial charge is 0.465 e. The molecule has 0 aliphatic rings. The van der Waals surface area contributed by atoms with Gasteiger partial charge in [-0.05, 0) is 24.6 Å². The zero-order chi connectivity index (χ0) is 11.4. The normalized spacial score (nSPS) is 12.3. The first-order valence-corrected chi connectivity index (χ1v) is 4.43. The monoisotopic (exact) mass is 215 g/mol. The van der Waals surface area contributed by atoms with E-state index < -0.39 is 23.6 Å². The molecule has 1 unspecified atom stereocenters. The van der Waals surface area contributed by atoms with Gasteiger partial charge in [-0.15, -0.1) is 0 Å². The molecule has 0 radical (unpaired) electrons. The second kappa shape index (κ2) is 4.84. The van der Waals surface area contributed by atoms with E-state index in [4.69, 9.17) is 5.73 Å². The number of rotatable bonds is 3. The maximum atomic E-state index is 12.8. The number of hydrogen-bond acceptors (Lipinski definition) is 3. The molecule has 82 valence electrons. The Balaban J connectivity index is 2.86. The van der Waals surface area contributed by atoms with Crippen molar-refractivity contribution in [1.82, 2.24) is 0 Å². The minimum absolute atomic E-state index is 0.187. The summed E-state index contributed by atoms with van der Waals surface area (Å²) in [7, 11) is 0. The van der Waals surface area contributed by atoms with Crippen LogP contribution in [-0.2, 0) is 9.53 Å². The lowest BCUT2D eigenvalue weighted by atomic mass is 10.1. The number of carbonyl (C=O) groups is 1. The number of hydrogen-bond donors (Lipinski definition) is 1. The number of benzene rings is 1. The van der Waals surface area contributed by atoms with E-state index >= 15 is 0 Å². The summed E-state index contributed by atoms with van der Waals surface area (Å²) < 4.78 is 30.0. The summed E-state index contributed by atoms with van der Waals surface area (Å²) in [6.45, 7) is 1.83. The van der Waals surface area contributed by atoms with E-state index in [0.717, 1.165) is 12.1 Å². The van der Waals surface area contributed by atoms with Gasteiger partial charge in [0, 0.05) is 0 Å². The molecule has 1 aromatic carbocycles. The van der Waals surface area contributed by atoms with Crippen molar-refractivity contribution in [2.45, 2.75) is 13.0 Å². The van der Waals surface area contributed by atoms with Crippen molar-refractivity contribution in [2.75, 3.05) is 6.61 Å². The topological polar surface area (TPSA) is 52.3 Å². The molecular weight excluding hydrogens is 204 g/mol. The molecule has 2 N–H and O–H groups in total. The molecule has 0 fully saturated rings. The van der Waals surface area contributed by atoms with Crippen LogP contribution in [0.15, 0.2) is 18.2 Å². The van der Waals surface area contributed by atoms with Gasteiger partial charge >= 0.3 is 5.97 Å². The maximum absolute atomic E-state index is 12.8. The molecule has 0 bridgehead atoms. The average Bonchev–Trinajstić information content (AvgIpc) is 2.21. The van der Waals surface area contributed by atoms with Crippen molar-refractivity contribution in [3.63, 3.8) is 0 Å². The van der Waals surface area contributed by atoms with Gasteiger partial charge in [-0.2, -0.15) is 0 Å². The smallest absolute Gasteiger partial charge is 0.327 e. The number of nitrogens with two attached hydrogens (primary N) is 1. The van der Waals surface area contributed by atoms with Gasteiger partial charge in [0.05, 0.1) is 6.61 Å². The predicted molar refractivity (Wildman–Crippen MR) is 49.9 cm³/mol. The van der Waals surface area contributed by atoms with E-state index in [1.54, 1.807) is 6.92 Å². The Morgan fingerprint density at radius 3 is 2.67 bits per heavy atom. The molecule has 0 aromatic heterocycles. The zero-order valence-electron chi connectivity index (χ0n) is 8.17. The number of ether oxygens (including phenoxy) is 1. The Morgan fingerprint density at radius 2 is 2.13 bits per heavy atom. The van der Waals surface area contributed by atoms with Crippen LogP contribution in [0.25, 0.3) is 0 Å². The van der Waals surface area contributed by atoms with Crippen LogP contribution in [0.3, 0.4) is 0 Å². The van der Waals surface area contributed by atoms with Crippen LogP contribution in [0.2, 0.25) is 0 Å². The van der Waals surface area contributed by atoms with Gasteiger partial charge in [0.15, 0.2) is 11.6 Å². The average molecular weight is 215 g/mol. The Bertz CT molecular complexity index is 368. The van der Waals surface area contributed by atoms with Crippen molar-refractivity contribution in [3.8, 4) is 0 Å². The molecule has 0 spiro atoms. The molecule has 0 saturated heterocycles. The maximum Gasteiger partial charge on any atom is 0.327 e. The summed E-state index contributed by atoms with van der Waals surface area (Å²) >= 11 is 0. The summed E-state index contributed by atoms with van der Waals surface area (Å²) in [6, 6.07) is 1.97. The summed E-state index contributed by atoms with van der Waals surface area (Å²) in [5.41, 5.74) is 5.67. The van der Waals surface area contributed by atoms with Gasteiger partial charge in [-0.1, -0.05) is 6.07 Å². The molecule has 0 saturated carbocycles. The minimum atomic E-state index is -1.08. The van der Waals surface area contributed by atoms with E-state index in [1.807, 2.05) is 0 Å². The first kappa shape index (κ1) is 11.6. The fourth-order valence-electron chi connectivity index (χ4n) is 1.07. The van der Waals surface area contributed by atoms with Crippen molar-refractivity contribution in [3.05, 3.63) is 35.4 Å². The van der Waals surface area contributed by atoms with Crippen LogP contribution in [-0.4, -0.2) is 12.6 Å². The molecule has 0 heterocycles. The number of esters is 1. The van der Waals surface area contributed by atoms with Gasteiger partial charge in [-0.25, -0.2) is 13.6 Å². The number of halogens is 2. The number of carbonyl (C=O) groups excluding carboxylic acids is 1. The molecule has 3 nitrogen and oxygen atoms in total. The van der Waals surface area contributed by atoms with E-state index in [1.165, 1.54) is 6.07 Å². The fraction of sp³-hybridized carbons (Fsp3) is 0.300. The highest BCUT2D eigenvalue weighted by atomic mass is 19.2. The molecule has 0 aliphatic heterocycles. The Kier molecular flexibility index (Phi) is 3.74. The van der Waals surface area contributed by atoms with Crippen molar-refractivity contribution < 1.29 is 18.3 Å². The Labute approximate surface area is 85.8 Å². The molecule has 1 aromatic rings. The lowest BCUT2D eigenvalue weighted by molar-refractivity contribution is -0.144. The highest BCUT2D eigenvalue weighted by molar-refractivity contribution is 5.77. The second-order valence-corrected chi connectivity index (χ2v) is 2.90. The predicted octanol–water partition coefficient (Wildman–Crippen LogP) is 1.53. The first-order valence-electron chi connectivity index (χ1n) is 4.43. The third-order valence-corrected chi connectivity index (χ3v) is 1.84. The Hall–Kier alpha value is -1.49. The quantitative estimate of drug-likeness (QED) is 0.778. The third-order valence-electron chi connectivity index (χ3n) is 1.84. The molecular formula is C10H11F2NO2. The van der Waals surface area contributed by atoms with E-state index in [-0.39, 0.29) is 12.2 Å². The van der Waals surface area contributed by atoms with Gasteiger partial charge in [0.1, 0.15) is 6.04 Å². The zero-order valence-corrected chi connectivity index (χ0v) is 8.17. The first-order chi connectivity index (χ1) is 7.06. The highest BCUT2D eigenvalue weighted by Crippen LogP contribution is 2.15. The second-order valence-electron chi connectivity index (χ2n) is 2.90. The minimum Gasteiger partial charge on any atom is -0.465 e. The molecule has 1 rings (SSSR count). The third kappa shape index (κ3) is 2.73. The van der Waals surface area contributed by atoms with E-state index in [2.05, 4.69) is 4.74 Å². The van der Waals surface area contributed by atoms with Crippen LogP contribution in [0.5, 0.6) is 0 Å². The van der Waals surface area contributed by atoms with Gasteiger partial charge in [-0.3, -0.25) is 0 Å². The van der Waals surface area contributed by atoms with Crippen LogP contribution in [0.4, 0.5) is 8.78 Å². The summed E-state index contributed by atoms with van der Waals surface area (Å²) in [6.07, 6.45) is 0. The van der Waals surface area contributed by atoms with Gasteiger partial charge < -0.3 is 10.5 Å². The highest BCUT2D eigenvalue weighted by Gasteiger charge is 2.18. The van der Waals surface area contributed by atoms with Crippen molar-refractivity contribution in [2.24, 2.45) is 5.73 Å². The van der Waals surface area contributed by atoms with Crippen molar-refractivity contribution >= 4 is 5.97 Å². The van der Waals surface area contributed by atoms with Gasteiger partial charge in [0.2, 0.25) is 0 Å². The Morgan fingerprint density at radius 1 is 1.47 bits per heavy atom. The molecule has 0 aliphatic carbocycles. The fourth-order valence-corrected chi connectivity index (χ4v) is 1.07. The van der Waals surface area contributed by atoms with Crippen LogP contribution >= 0.6 is 0 Å². The molecule has 15 heavy (non-hydrogen) atoms. The van der Waals surface area contributed by atoms with Crippen LogP contribution < -0.4 is 5.73 Å². The standard InChI is InChI=1S/C10H11F2NO2/c1-2-15-10(14)9(13)6-3-4-7(11)8(12)5-6/h3-5,9H,2,13H2,1H3. The summed E-state index contributed by atoms with van der Waals surface area (Å²) in [5.74, 6) is -2.68.